The molecule has 0 aromatic heterocycles. The molecule has 1 saturated heterocycles. The topological polar surface area (TPSA) is 74.7 Å². The molecule has 0 atom stereocenters. The summed E-state index contributed by atoms with van der Waals surface area (Å²) in [6.45, 7) is 5.60. The molecule has 0 aliphatic carbocycles. The molecular weight excluding hydrogens is 254 g/mol. The largest absolute Gasteiger partial charge is 0.481 e. The molecule has 1 rings (SSSR count). The number of hydrogen-bond acceptors (Lipinski definition) is 4. The van der Waals surface area contributed by atoms with Gasteiger partial charge in [-0.2, -0.15) is 0 Å². The first kappa shape index (κ1) is 15.4. The van der Waals surface area contributed by atoms with E-state index in [1.165, 1.54) is 0 Å². The molecule has 1 aliphatic rings. The summed E-state index contributed by atoms with van der Waals surface area (Å²) < 4.78 is 23.4. The second-order valence-electron chi connectivity index (χ2n) is 5.30. The molecule has 0 saturated carbocycles. The third-order valence-electron chi connectivity index (χ3n) is 3.58. The van der Waals surface area contributed by atoms with E-state index in [0.717, 1.165) is 25.9 Å². The van der Waals surface area contributed by atoms with Crippen molar-refractivity contribution in [1.82, 2.24) is 4.90 Å². The van der Waals surface area contributed by atoms with Gasteiger partial charge in [0.2, 0.25) is 0 Å². The Bertz CT molecular complexity index is 370. The van der Waals surface area contributed by atoms with Crippen molar-refractivity contribution in [1.29, 1.82) is 0 Å². The normalized spacial score (nSPS) is 19.3. The number of rotatable bonds is 6. The Morgan fingerprint density at radius 1 is 1.33 bits per heavy atom. The van der Waals surface area contributed by atoms with Gasteiger partial charge in [0.25, 0.3) is 0 Å². The first-order valence-electron chi connectivity index (χ1n) is 6.47. The summed E-state index contributed by atoms with van der Waals surface area (Å²) in [7, 11) is -2.97. The van der Waals surface area contributed by atoms with Crippen LogP contribution < -0.4 is 0 Å². The Morgan fingerprint density at radius 3 is 2.33 bits per heavy atom. The number of nitrogens with zero attached hydrogens (tertiary/aromatic N) is 1. The van der Waals surface area contributed by atoms with E-state index in [1.807, 2.05) is 0 Å². The second-order valence-corrected chi connectivity index (χ2v) is 7.98. The highest BCUT2D eigenvalue weighted by Gasteiger charge is 2.23. The number of hydrogen-bond donors (Lipinski definition) is 1. The first-order valence-corrected chi connectivity index (χ1v) is 8.18. The van der Waals surface area contributed by atoms with Crippen LogP contribution in [0.15, 0.2) is 0 Å². The molecule has 0 aromatic carbocycles. The Balaban J connectivity index is 2.30. The maximum Gasteiger partial charge on any atom is 0.303 e. The third kappa shape index (κ3) is 4.94. The summed E-state index contributed by atoms with van der Waals surface area (Å²) in [6, 6.07) is 0. The zero-order chi connectivity index (χ0) is 13.8. The van der Waals surface area contributed by atoms with Crippen LogP contribution in [0.25, 0.3) is 0 Å². The molecule has 1 fully saturated rings. The lowest BCUT2D eigenvalue weighted by Gasteiger charge is -2.31. The molecule has 0 radical (unpaired) electrons. The summed E-state index contributed by atoms with van der Waals surface area (Å²) in [5.41, 5.74) is 0. The van der Waals surface area contributed by atoms with Gasteiger partial charge in [-0.15, -0.1) is 0 Å². The van der Waals surface area contributed by atoms with Crippen molar-refractivity contribution in [3.8, 4) is 0 Å². The highest BCUT2D eigenvalue weighted by molar-refractivity contribution is 7.92. The number of likely N-dealkylation sites (tertiary alicyclic amines) is 1. The quantitative estimate of drug-likeness (QED) is 0.784. The number of carbonyl (C=O) groups is 1. The number of carboxylic acids is 1. The van der Waals surface area contributed by atoms with Gasteiger partial charge in [0.1, 0.15) is 0 Å². The lowest BCUT2D eigenvalue weighted by atomic mass is 9.94. The number of sulfone groups is 1. The van der Waals surface area contributed by atoms with Crippen LogP contribution in [0.5, 0.6) is 0 Å². The van der Waals surface area contributed by atoms with Crippen LogP contribution in [0.3, 0.4) is 0 Å². The van der Waals surface area contributed by atoms with E-state index < -0.39 is 15.8 Å². The smallest absolute Gasteiger partial charge is 0.303 e. The standard InChI is InChI=1S/C12H23NO4S/c1-10(2)18(16,17)8-7-13-5-3-11(4-6-13)9-12(14)15/h10-11H,3-9H2,1-2H3,(H,14,15). The van der Waals surface area contributed by atoms with Crippen LogP contribution in [-0.4, -0.2) is 55.0 Å². The molecular formula is C12H23NO4S. The van der Waals surface area contributed by atoms with E-state index in [-0.39, 0.29) is 23.3 Å². The molecule has 0 aromatic rings. The zero-order valence-corrected chi connectivity index (χ0v) is 11.9. The molecule has 1 heterocycles. The molecule has 106 valence electrons. The minimum Gasteiger partial charge on any atom is -0.481 e. The Morgan fingerprint density at radius 2 is 1.89 bits per heavy atom. The lowest BCUT2D eigenvalue weighted by Crippen LogP contribution is -2.38. The van der Waals surface area contributed by atoms with Gasteiger partial charge in [-0.05, 0) is 45.7 Å². The SMILES string of the molecule is CC(C)S(=O)(=O)CCN1CCC(CC(=O)O)CC1. The molecule has 1 aliphatic heterocycles. The van der Waals surface area contributed by atoms with Crippen molar-refractivity contribution in [2.45, 2.75) is 38.4 Å². The van der Waals surface area contributed by atoms with Crippen molar-refractivity contribution < 1.29 is 18.3 Å². The van der Waals surface area contributed by atoms with Gasteiger partial charge < -0.3 is 10.0 Å². The average Bonchev–Trinajstić information content (AvgIpc) is 2.27. The van der Waals surface area contributed by atoms with Crippen LogP contribution in [0.4, 0.5) is 0 Å². The summed E-state index contributed by atoms with van der Waals surface area (Å²) >= 11 is 0. The predicted octanol–water partition coefficient (Wildman–Crippen LogP) is 0.996. The van der Waals surface area contributed by atoms with Crippen molar-refractivity contribution in [3.63, 3.8) is 0 Å². The van der Waals surface area contributed by atoms with Crippen molar-refractivity contribution in [2.24, 2.45) is 5.92 Å². The maximum absolute atomic E-state index is 11.7. The summed E-state index contributed by atoms with van der Waals surface area (Å²) in [4.78, 5) is 12.7. The lowest BCUT2D eigenvalue weighted by molar-refractivity contribution is -0.138. The van der Waals surface area contributed by atoms with E-state index in [1.54, 1.807) is 13.8 Å². The molecule has 5 nitrogen and oxygen atoms in total. The van der Waals surface area contributed by atoms with Gasteiger partial charge in [0, 0.05) is 13.0 Å². The zero-order valence-electron chi connectivity index (χ0n) is 11.1. The fourth-order valence-electron chi connectivity index (χ4n) is 2.15. The molecule has 0 unspecified atom stereocenters. The monoisotopic (exact) mass is 277 g/mol. The maximum atomic E-state index is 11.7. The Kier molecular flexibility index (Phi) is 5.59. The highest BCUT2D eigenvalue weighted by Crippen LogP contribution is 2.20. The molecule has 1 N–H and O–H groups in total. The average molecular weight is 277 g/mol. The predicted molar refractivity (Wildman–Crippen MR) is 70.3 cm³/mol. The summed E-state index contributed by atoms with van der Waals surface area (Å²) in [6.07, 6.45) is 1.94. The summed E-state index contributed by atoms with van der Waals surface area (Å²) in [5.74, 6) is -0.287. The van der Waals surface area contributed by atoms with E-state index in [4.69, 9.17) is 5.11 Å². The molecule has 0 bridgehead atoms. The molecule has 18 heavy (non-hydrogen) atoms. The van der Waals surface area contributed by atoms with Crippen LogP contribution in [0.2, 0.25) is 0 Å². The van der Waals surface area contributed by atoms with E-state index in [0.29, 0.717) is 6.54 Å². The minimum atomic E-state index is -2.97. The van der Waals surface area contributed by atoms with Crippen LogP contribution >= 0.6 is 0 Å². The Hall–Kier alpha value is -0.620. The number of piperidine rings is 1. The van der Waals surface area contributed by atoms with Gasteiger partial charge in [-0.1, -0.05) is 0 Å². The second kappa shape index (κ2) is 6.52. The highest BCUT2D eigenvalue weighted by atomic mass is 32.2. The van der Waals surface area contributed by atoms with Gasteiger partial charge in [0.15, 0.2) is 9.84 Å². The Labute approximate surface area is 109 Å². The van der Waals surface area contributed by atoms with Gasteiger partial charge in [0.05, 0.1) is 11.0 Å². The third-order valence-corrected chi connectivity index (χ3v) is 5.77. The fourth-order valence-corrected chi connectivity index (χ4v) is 3.14. The van der Waals surface area contributed by atoms with Gasteiger partial charge in [-0.25, -0.2) is 8.42 Å². The van der Waals surface area contributed by atoms with Crippen LogP contribution in [0, 0.1) is 5.92 Å². The first-order chi connectivity index (χ1) is 8.31. The van der Waals surface area contributed by atoms with E-state index in [2.05, 4.69) is 4.90 Å². The van der Waals surface area contributed by atoms with Crippen LogP contribution in [0.1, 0.15) is 33.1 Å². The minimum absolute atomic E-state index is 0.203. The van der Waals surface area contributed by atoms with Gasteiger partial charge >= 0.3 is 5.97 Å². The van der Waals surface area contributed by atoms with Crippen molar-refractivity contribution in [2.75, 3.05) is 25.4 Å². The van der Waals surface area contributed by atoms with Crippen LogP contribution in [-0.2, 0) is 14.6 Å². The van der Waals surface area contributed by atoms with Gasteiger partial charge in [-0.3, -0.25) is 4.79 Å². The van der Waals surface area contributed by atoms with E-state index >= 15 is 0 Å². The molecule has 0 spiro atoms. The summed E-state index contributed by atoms with van der Waals surface area (Å²) in [5, 5.41) is 8.39. The molecule has 6 heteroatoms. The number of aliphatic carboxylic acids is 1. The van der Waals surface area contributed by atoms with Crippen molar-refractivity contribution >= 4 is 15.8 Å². The fraction of sp³-hybridized carbons (Fsp3) is 0.917. The number of carboxylic acid groups (broad SMARTS) is 1. The molecule has 0 amide bonds. The van der Waals surface area contributed by atoms with E-state index in [9.17, 15) is 13.2 Å². The van der Waals surface area contributed by atoms with Crippen molar-refractivity contribution in [3.05, 3.63) is 0 Å².